The van der Waals surface area contributed by atoms with Crippen molar-refractivity contribution in [2.75, 3.05) is 16.8 Å². The maximum absolute atomic E-state index is 4.61. The molecule has 0 saturated carbocycles. The van der Waals surface area contributed by atoms with Crippen LogP contribution in [0.5, 0.6) is 0 Å². The first-order valence-electron chi connectivity index (χ1n) is 7.80. The normalized spacial score (nSPS) is 11.3. The van der Waals surface area contributed by atoms with E-state index in [1.165, 1.54) is 5.56 Å². The molecule has 1 aromatic heterocycles. The maximum Gasteiger partial charge on any atom is 0.134 e. The van der Waals surface area contributed by atoms with Gasteiger partial charge in [-0.3, -0.25) is 0 Å². The lowest BCUT2D eigenvalue weighted by molar-refractivity contribution is 0.629. The molecule has 1 heterocycles. The van der Waals surface area contributed by atoms with Gasteiger partial charge in [0.05, 0.1) is 0 Å². The van der Waals surface area contributed by atoms with Gasteiger partial charge in [0, 0.05) is 24.7 Å². The third-order valence-electron chi connectivity index (χ3n) is 3.25. The Bertz CT molecular complexity index is 602. The minimum Gasteiger partial charge on any atom is -0.365 e. The van der Waals surface area contributed by atoms with E-state index in [0.29, 0.717) is 0 Å². The number of hydrogen-bond donors (Lipinski definition) is 1. The molecular formula is C18H26N4. The van der Waals surface area contributed by atoms with Crippen LogP contribution in [0.4, 0.5) is 11.6 Å². The van der Waals surface area contributed by atoms with Gasteiger partial charge in [-0.15, -0.1) is 0 Å². The van der Waals surface area contributed by atoms with Crippen LogP contribution in [0.1, 0.15) is 39.1 Å². The molecule has 0 aliphatic carbocycles. The number of anilines is 2. The van der Waals surface area contributed by atoms with Crippen molar-refractivity contribution in [3.8, 4) is 0 Å². The predicted molar refractivity (Wildman–Crippen MR) is 93.3 cm³/mol. The van der Waals surface area contributed by atoms with Gasteiger partial charge >= 0.3 is 0 Å². The Morgan fingerprint density at radius 3 is 2.36 bits per heavy atom. The summed E-state index contributed by atoms with van der Waals surface area (Å²) in [4.78, 5) is 11.4. The Morgan fingerprint density at radius 1 is 1.09 bits per heavy atom. The van der Waals surface area contributed by atoms with Crippen LogP contribution in [0.15, 0.2) is 36.4 Å². The number of nitrogens with one attached hydrogen (secondary N) is 1. The molecule has 0 aliphatic rings. The molecule has 0 atom stereocenters. The number of rotatable bonds is 5. The maximum atomic E-state index is 4.61. The first kappa shape index (κ1) is 16.3. The summed E-state index contributed by atoms with van der Waals surface area (Å²) in [6, 6.07) is 12.5. The van der Waals surface area contributed by atoms with Crippen molar-refractivity contribution in [2.24, 2.45) is 0 Å². The predicted octanol–water partition coefficient (Wildman–Crippen LogP) is 4.02. The van der Waals surface area contributed by atoms with Crippen molar-refractivity contribution in [3.05, 3.63) is 47.8 Å². The van der Waals surface area contributed by atoms with E-state index >= 15 is 0 Å². The second-order valence-corrected chi connectivity index (χ2v) is 6.53. The lowest BCUT2D eigenvalue weighted by atomic mass is 10.1. The molecule has 0 saturated heterocycles. The van der Waals surface area contributed by atoms with Gasteiger partial charge in [-0.2, -0.15) is 0 Å². The Balaban J connectivity index is 2.25. The minimum atomic E-state index is -0.0193. The first-order valence-corrected chi connectivity index (χ1v) is 7.80. The van der Waals surface area contributed by atoms with E-state index in [1.807, 2.05) is 19.1 Å². The second-order valence-electron chi connectivity index (χ2n) is 6.53. The van der Waals surface area contributed by atoms with Crippen molar-refractivity contribution in [1.29, 1.82) is 0 Å². The zero-order valence-electron chi connectivity index (χ0n) is 14.2. The molecule has 0 spiro atoms. The van der Waals surface area contributed by atoms with Crippen molar-refractivity contribution in [2.45, 2.75) is 46.7 Å². The highest BCUT2D eigenvalue weighted by Crippen LogP contribution is 2.20. The summed E-state index contributed by atoms with van der Waals surface area (Å²) in [6.45, 7) is 12.2. The van der Waals surface area contributed by atoms with Gasteiger partial charge in [-0.1, -0.05) is 30.3 Å². The zero-order chi connectivity index (χ0) is 16.2. The van der Waals surface area contributed by atoms with Gasteiger partial charge in [0.15, 0.2) is 0 Å². The highest BCUT2D eigenvalue weighted by Gasteiger charge is 2.14. The van der Waals surface area contributed by atoms with E-state index in [-0.39, 0.29) is 5.54 Å². The van der Waals surface area contributed by atoms with Crippen LogP contribution in [0.25, 0.3) is 0 Å². The number of aromatic nitrogens is 2. The standard InChI is InChI=1S/C18H26N4/c1-6-22(13-15-10-8-7-9-11-15)17-12-16(19-14(2)20-17)21-18(3,4)5/h7-12H,6,13H2,1-5H3,(H,19,20,21). The van der Waals surface area contributed by atoms with Crippen LogP contribution in [0, 0.1) is 6.92 Å². The second kappa shape index (κ2) is 6.77. The number of hydrogen-bond acceptors (Lipinski definition) is 4. The first-order chi connectivity index (χ1) is 10.4. The molecule has 0 amide bonds. The quantitative estimate of drug-likeness (QED) is 0.905. The van der Waals surface area contributed by atoms with E-state index in [1.54, 1.807) is 0 Å². The van der Waals surface area contributed by atoms with Crippen molar-refractivity contribution < 1.29 is 0 Å². The summed E-state index contributed by atoms with van der Waals surface area (Å²) in [6.07, 6.45) is 0. The van der Waals surface area contributed by atoms with Gasteiger partial charge in [0.25, 0.3) is 0 Å². The molecule has 1 aromatic carbocycles. The van der Waals surface area contributed by atoms with Crippen molar-refractivity contribution >= 4 is 11.6 Å². The van der Waals surface area contributed by atoms with Gasteiger partial charge in [0.2, 0.25) is 0 Å². The lowest BCUT2D eigenvalue weighted by Crippen LogP contribution is -2.28. The molecular weight excluding hydrogens is 272 g/mol. The molecule has 1 N–H and O–H groups in total. The summed E-state index contributed by atoms with van der Waals surface area (Å²) in [5.74, 6) is 2.63. The van der Waals surface area contributed by atoms with Crippen LogP contribution >= 0.6 is 0 Å². The topological polar surface area (TPSA) is 41.0 Å². The van der Waals surface area contributed by atoms with Gasteiger partial charge in [0.1, 0.15) is 17.5 Å². The van der Waals surface area contributed by atoms with E-state index in [4.69, 9.17) is 0 Å². The highest BCUT2D eigenvalue weighted by molar-refractivity contribution is 5.50. The van der Waals surface area contributed by atoms with Crippen LogP contribution in [0.2, 0.25) is 0 Å². The average Bonchev–Trinajstić information content (AvgIpc) is 2.43. The van der Waals surface area contributed by atoms with Crippen LogP contribution in [-0.2, 0) is 6.54 Å². The van der Waals surface area contributed by atoms with Crippen LogP contribution in [0.3, 0.4) is 0 Å². The summed E-state index contributed by atoms with van der Waals surface area (Å²) in [5, 5.41) is 3.43. The third kappa shape index (κ3) is 4.72. The van der Waals surface area contributed by atoms with Crippen LogP contribution in [-0.4, -0.2) is 22.1 Å². The van der Waals surface area contributed by atoms with Gasteiger partial charge in [-0.05, 0) is 40.2 Å². The fourth-order valence-corrected chi connectivity index (χ4v) is 2.32. The minimum absolute atomic E-state index is 0.0193. The summed E-state index contributed by atoms with van der Waals surface area (Å²) in [5.41, 5.74) is 1.26. The molecule has 0 fully saturated rings. The largest absolute Gasteiger partial charge is 0.365 e. The van der Waals surface area contributed by atoms with Crippen LogP contribution < -0.4 is 10.2 Å². The summed E-state index contributed by atoms with van der Waals surface area (Å²) in [7, 11) is 0. The molecule has 0 aliphatic heterocycles. The SMILES string of the molecule is CCN(Cc1ccccc1)c1cc(NC(C)(C)C)nc(C)n1. The number of aryl methyl sites for hydroxylation is 1. The molecule has 22 heavy (non-hydrogen) atoms. The van der Waals surface area contributed by atoms with Gasteiger partial charge < -0.3 is 10.2 Å². The highest BCUT2D eigenvalue weighted by atomic mass is 15.2. The zero-order valence-corrected chi connectivity index (χ0v) is 14.2. The average molecular weight is 298 g/mol. The Labute approximate surface area is 133 Å². The fraction of sp³-hybridized carbons (Fsp3) is 0.444. The molecule has 4 heteroatoms. The molecule has 0 radical (unpaired) electrons. The third-order valence-corrected chi connectivity index (χ3v) is 3.25. The van der Waals surface area contributed by atoms with E-state index in [9.17, 15) is 0 Å². The molecule has 118 valence electrons. The fourth-order valence-electron chi connectivity index (χ4n) is 2.32. The smallest absolute Gasteiger partial charge is 0.134 e. The summed E-state index contributed by atoms with van der Waals surface area (Å²) < 4.78 is 0. The number of nitrogens with zero attached hydrogens (tertiary/aromatic N) is 3. The van der Waals surface area contributed by atoms with E-state index in [0.717, 1.165) is 30.5 Å². The molecule has 0 bridgehead atoms. The van der Waals surface area contributed by atoms with Crippen molar-refractivity contribution in [3.63, 3.8) is 0 Å². The number of benzene rings is 1. The van der Waals surface area contributed by atoms with Gasteiger partial charge in [-0.25, -0.2) is 9.97 Å². The monoisotopic (exact) mass is 298 g/mol. The summed E-state index contributed by atoms with van der Waals surface area (Å²) >= 11 is 0. The Hall–Kier alpha value is -2.10. The Morgan fingerprint density at radius 2 is 1.77 bits per heavy atom. The molecule has 4 nitrogen and oxygen atoms in total. The molecule has 2 rings (SSSR count). The van der Waals surface area contributed by atoms with Crippen molar-refractivity contribution in [1.82, 2.24) is 9.97 Å². The van der Waals surface area contributed by atoms with E-state index in [2.05, 4.69) is 72.1 Å². The van der Waals surface area contributed by atoms with E-state index < -0.39 is 0 Å². The lowest BCUT2D eigenvalue weighted by Gasteiger charge is -2.25. The molecule has 0 unspecified atom stereocenters. The molecule has 2 aromatic rings. The Kier molecular flexibility index (Phi) is 5.01.